The number of nitrogens with zero attached hydrogens (tertiary/aromatic N) is 1. The molecule has 1 aromatic rings. The summed E-state index contributed by atoms with van der Waals surface area (Å²) < 4.78 is 51.8. The number of nitrogens with two attached hydrogens (primary N) is 1. The maximum Gasteiger partial charge on any atom is 0.476 e. The van der Waals surface area contributed by atoms with Crippen molar-refractivity contribution in [3.05, 3.63) is 32.6 Å². The van der Waals surface area contributed by atoms with Crippen LogP contribution < -0.4 is 26.8 Å². The lowest BCUT2D eigenvalue weighted by atomic mass is 9.96. The Labute approximate surface area is 174 Å². The van der Waals surface area contributed by atoms with Crippen LogP contribution in [0.25, 0.3) is 0 Å². The molecule has 5 atom stereocenters. The third-order valence-corrected chi connectivity index (χ3v) is 8.08. The lowest BCUT2D eigenvalue weighted by Crippen LogP contribution is -2.47. The van der Waals surface area contributed by atoms with Gasteiger partial charge in [-0.3, -0.25) is 23.5 Å². The van der Waals surface area contributed by atoms with Crippen molar-refractivity contribution in [3.63, 3.8) is 0 Å². The summed E-state index contributed by atoms with van der Waals surface area (Å²) in [6.07, 6.45) is 1.19. The fourth-order valence-electron chi connectivity index (χ4n) is 2.94. The van der Waals surface area contributed by atoms with Crippen LogP contribution in [-0.2, 0) is 37.3 Å². The topological polar surface area (TPSA) is 256 Å². The van der Waals surface area contributed by atoms with E-state index >= 15 is 0 Å². The number of aromatic amines is 1. The Morgan fingerprint density at radius 2 is 1.84 bits per heavy atom. The van der Waals surface area contributed by atoms with Gasteiger partial charge in [0.2, 0.25) is 0 Å². The summed E-state index contributed by atoms with van der Waals surface area (Å²) in [7, 11) is -17.3. The van der Waals surface area contributed by atoms with Crippen molar-refractivity contribution in [2.45, 2.75) is 44.6 Å². The van der Waals surface area contributed by atoms with Crippen LogP contribution in [0.2, 0.25) is 0 Å². The molecule has 2 rings (SSSR count). The number of nitrogens with one attached hydrogen (secondary N) is 1. The highest BCUT2D eigenvalue weighted by Crippen LogP contribution is 2.62. The van der Waals surface area contributed by atoms with Crippen LogP contribution in [0.1, 0.15) is 25.8 Å². The fourth-order valence-corrected chi connectivity index (χ4v) is 5.96. The largest absolute Gasteiger partial charge is 0.756 e. The average molecular weight is 507 g/mol. The van der Waals surface area contributed by atoms with E-state index in [9.17, 15) is 33.1 Å². The minimum Gasteiger partial charge on any atom is -0.756 e. The first-order valence-electron chi connectivity index (χ1n) is 8.31. The summed E-state index contributed by atoms with van der Waals surface area (Å²) in [6.45, 7) is 3.32. The standard InChI is InChI=1S/C12H22N3O13P3/c1-7-5-15(10(17)14-9(7)16)12(3)4-8(13)11(2,26-12)6-25-30(21,22)28-31(23,24)27-29(18,19)20/h5,8H,4,6,13H2,1-3H3,(H,21,22)(H,23,24)(H,14,16,17)(H2,18,19,20)/p-2/t8?,11-,12-/m1/s1. The molecule has 0 bridgehead atoms. The monoisotopic (exact) mass is 507 g/mol. The number of hydrogen-bond acceptors (Lipinski definition) is 12. The van der Waals surface area contributed by atoms with Gasteiger partial charge < -0.3 is 34.6 Å². The lowest BCUT2D eigenvalue weighted by Gasteiger charge is -2.35. The molecule has 19 heteroatoms. The number of rotatable bonds is 8. The molecule has 2 heterocycles. The van der Waals surface area contributed by atoms with Crippen molar-refractivity contribution in [3.8, 4) is 0 Å². The highest BCUT2D eigenvalue weighted by molar-refractivity contribution is 7.65. The molecular weight excluding hydrogens is 487 g/mol. The van der Waals surface area contributed by atoms with Gasteiger partial charge in [-0.2, -0.15) is 0 Å². The summed E-state index contributed by atoms with van der Waals surface area (Å²) in [5.74, 6) is 0. The normalized spacial score (nSPS) is 30.6. The second-order valence-corrected chi connectivity index (χ2v) is 11.5. The van der Waals surface area contributed by atoms with Crippen LogP contribution in [0.15, 0.2) is 15.8 Å². The molecular formula is C12H20N3O13P3-2. The van der Waals surface area contributed by atoms with Gasteiger partial charge in [0.05, 0.1) is 6.61 Å². The first-order chi connectivity index (χ1) is 13.8. The van der Waals surface area contributed by atoms with E-state index in [1.165, 1.54) is 27.0 Å². The fraction of sp³-hybridized carbons (Fsp3) is 0.667. The molecule has 0 radical (unpaired) electrons. The van der Waals surface area contributed by atoms with Crippen LogP contribution >= 0.6 is 23.5 Å². The summed E-state index contributed by atoms with van der Waals surface area (Å²) in [4.78, 5) is 65.9. The Bertz CT molecular complexity index is 1110. The van der Waals surface area contributed by atoms with Crippen LogP contribution in [0.5, 0.6) is 0 Å². The number of H-pyrrole nitrogens is 1. The van der Waals surface area contributed by atoms with Crippen LogP contribution in [0, 0.1) is 6.92 Å². The molecule has 0 spiro atoms. The Balaban J connectivity index is 2.19. The number of hydrogen-bond donors (Lipinski definition) is 4. The van der Waals surface area contributed by atoms with E-state index in [1.54, 1.807) is 0 Å². The summed E-state index contributed by atoms with van der Waals surface area (Å²) in [5.41, 5.74) is 1.75. The zero-order valence-corrected chi connectivity index (χ0v) is 19.0. The number of ether oxygens (including phenoxy) is 1. The number of phosphoric acid groups is 3. The molecule has 1 fully saturated rings. The molecule has 31 heavy (non-hydrogen) atoms. The van der Waals surface area contributed by atoms with E-state index < -0.39 is 58.7 Å². The van der Waals surface area contributed by atoms with Crippen LogP contribution in [-0.4, -0.2) is 37.6 Å². The van der Waals surface area contributed by atoms with E-state index in [0.29, 0.717) is 0 Å². The second-order valence-electron chi connectivity index (χ2n) is 7.16. The summed E-state index contributed by atoms with van der Waals surface area (Å²) >= 11 is 0. The molecule has 0 aliphatic carbocycles. The van der Waals surface area contributed by atoms with Gasteiger partial charge in [-0.05, 0) is 20.8 Å². The van der Waals surface area contributed by atoms with Crippen molar-refractivity contribution >= 4 is 23.5 Å². The Morgan fingerprint density at radius 3 is 2.39 bits per heavy atom. The Morgan fingerprint density at radius 1 is 1.26 bits per heavy atom. The lowest BCUT2D eigenvalue weighted by molar-refractivity contribution is -0.244. The SMILES string of the molecule is Cc1cn([C@@]2(C)CC(N)[C@@](C)(COP(=O)([O-])OP(=O)([O-])OP(=O)(O)O)O2)c(=O)[nH]c1=O. The molecule has 1 aliphatic heterocycles. The molecule has 1 saturated heterocycles. The molecule has 1 aromatic heterocycles. The zero-order valence-electron chi connectivity index (χ0n) is 16.3. The third kappa shape index (κ3) is 6.51. The van der Waals surface area contributed by atoms with Gasteiger partial charge in [-0.15, -0.1) is 0 Å². The van der Waals surface area contributed by atoms with Crippen molar-refractivity contribution in [1.29, 1.82) is 0 Å². The predicted octanol–water partition coefficient (Wildman–Crippen LogP) is -1.90. The number of aryl methyl sites for hydroxylation is 1. The number of phosphoric ester groups is 1. The van der Waals surface area contributed by atoms with Gasteiger partial charge in [-0.25, -0.2) is 18.0 Å². The van der Waals surface area contributed by atoms with Gasteiger partial charge in [-0.1, -0.05) is 0 Å². The molecule has 16 nitrogen and oxygen atoms in total. The minimum absolute atomic E-state index is 0.0381. The summed E-state index contributed by atoms with van der Waals surface area (Å²) in [5, 5.41) is 0. The van der Waals surface area contributed by atoms with Crippen molar-refractivity contribution < 1.29 is 51.2 Å². The average Bonchev–Trinajstić information content (AvgIpc) is 2.76. The minimum atomic E-state index is -5.99. The Hall–Kier alpha value is -0.990. The van der Waals surface area contributed by atoms with Crippen LogP contribution in [0.4, 0.5) is 0 Å². The molecule has 5 N–H and O–H groups in total. The van der Waals surface area contributed by atoms with Gasteiger partial charge in [0.15, 0.2) is 0 Å². The van der Waals surface area contributed by atoms with Crippen molar-refractivity contribution in [2.24, 2.45) is 5.73 Å². The smallest absolute Gasteiger partial charge is 0.476 e. The molecule has 3 unspecified atom stereocenters. The maximum atomic E-state index is 12.2. The van der Waals surface area contributed by atoms with Crippen molar-refractivity contribution in [2.75, 3.05) is 6.61 Å². The highest BCUT2D eigenvalue weighted by Gasteiger charge is 2.52. The molecule has 1 aliphatic rings. The van der Waals surface area contributed by atoms with E-state index in [4.69, 9.17) is 20.3 Å². The van der Waals surface area contributed by atoms with Gasteiger partial charge in [0.1, 0.15) is 11.3 Å². The van der Waals surface area contributed by atoms with E-state index in [-0.39, 0.29) is 12.0 Å². The van der Waals surface area contributed by atoms with E-state index in [2.05, 4.69) is 18.1 Å². The quantitative estimate of drug-likeness (QED) is 0.280. The molecule has 0 amide bonds. The highest BCUT2D eigenvalue weighted by atomic mass is 31.3. The van der Waals surface area contributed by atoms with Crippen molar-refractivity contribution in [1.82, 2.24) is 9.55 Å². The number of aromatic nitrogens is 2. The summed E-state index contributed by atoms with van der Waals surface area (Å²) in [6, 6.07) is -0.943. The van der Waals surface area contributed by atoms with Crippen LogP contribution in [0.3, 0.4) is 0 Å². The van der Waals surface area contributed by atoms with E-state index in [1.807, 2.05) is 0 Å². The molecule has 0 aromatic carbocycles. The maximum absolute atomic E-state index is 12.2. The van der Waals surface area contributed by atoms with Gasteiger partial charge in [0.25, 0.3) is 21.2 Å². The van der Waals surface area contributed by atoms with Gasteiger partial charge >= 0.3 is 13.5 Å². The first-order valence-corrected chi connectivity index (χ1v) is 12.8. The zero-order chi connectivity index (χ0) is 24.0. The van der Waals surface area contributed by atoms with E-state index in [0.717, 1.165) is 4.57 Å². The Kier molecular flexibility index (Phi) is 7.13. The van der Waals surface area contributed by atoms with Gasteiger partial charge in [0, 0.05) is 24.2 Å². The second kappa shape index (κ2) is 8.41. The third-order valence-electron chi connectivity index (χ3n) is 4.38. The molecule has 178 valence electrons. The first kappa shape index (κ1) is 26.3. The predicted molar refractivity (Wildman–Crippen MR) is 97.2 cm³/mol. The molecule has 0 saturated carbocycles.